The van der Waals surface area contributed by atoms with Crippen LogP contribution in [-0.4, -0.2) is 33.9 Å². The first kappa shape index (κ1) is 20.5. The van der Waals surface area contributed by atoms with Crippen LogP contribution in [0.1, 0.15) is 50.7 Å². The standard InChI is InChI=1S/C21H25N5O3/c1-4-5-11-21(24-25-21)12-10-17(27)22-13-15-6-8-16(9-7-15)14-26-18(28)20(2,3)23-19(26)29/h1,6-9H,5,10-14H2,2-3H3,(H,22,27)(H,23,29). The summed E-state index contributed by atoms with van der Waals surface area (Å²) in [6.07, 6.45) is 7.47. The number of rotatable bonds is 9. The number of carbonyl (C=O) groups excluding carboxylic acids is 3. The predicted octanol–water partition coefficient (Wildman–Crippen LogP) is 2.49. The van der Waals surface area contributed by atoms with Gasteiger partial charge in [0.05, 0.1) is 6.54 Å². The zero-order valence-corrected chi connectivity index (χ0v) is 16.7. The number of nitrogens with one attached hydrogen (secondary N) is 2. The molecule has 2 N–H and O–H groups in total. The molecule has 0 aromatic heterocycles. The summed E-state index contributed by atoms with van der Waals surface area (Å²) < 4.78 is 0. The summed E-state index contributed by atoms with van der Waals surface area (Å²) in [5.74, 6) is 2.27. The quantitative estimate of drug-likeness (QED) is 0.496. The molecule has 8 nitrogen and oxygen atoms in total. The van der Waals surface area contributed by atoms with Crippen LogP contribution in [-0.2, 0) is 22.7 Å². The van der Waals surface area contributed by atoms with Gasteiger partial charge >= 0.3 is 6.03 Å². The molecule has 0 atom stereocenters. The Bertz CT molecular complexity index is 877. The second-order valence-electron chi connectivity index (χ2n) is 7.93. The van der Waals surface area contributed by atoms with Gasteiger partial charge in [-0.25, -0.2) is 4.79 Å². The van der Waals surface area contributed by atoms with Crippen LogP contribution in [0.2, 0.25) is 0 Å². The number of nitrogens with zero attached hydrogens (tertiary/aromatic N) is 3. The van der Waals surface area contributed by atoms with Crippen LogP contribution in [0.15, 0.2) is 34.5 Å². The van der Waals surface area contributed by atoms with Crippen molar-refractivity contribution in [1.29, 1.82) is 0 Å². The zero-order valence-electron chi connectivity index (χ0n) is 16.7. The van der Waals surface area contributed by atoms with Gasteiger partial charge in [0.2, 0.25) is 5.91 Å². The third-order valence-corrected chi connectivity index (χ3v) is 5.10. The highest BCUT2D eigenvalue weighted by Crippen LogP contribution is 2.37. The van der Waals surface area contributed by atoms with Gasteiger partial charge in [-0.2, -0.15) is 10.2 Å². The van der Waals surface area contributed by atoms with Crippen LogP contribution >= 0.6 is 0 Å². The Balaban J connectivity index is 1.44. The smallest absolute Gasteiger partial charge is 0.325 e. The van der Waals surface area contributed by atoms with Crippen LogP contribution in [0.5, 0.6) is 0 Å². The first-order valence-corrected chi connectivity index (χ1v) is 9.61. The zero-order chi connectivity index (χ0) is 21.1. The molecule has 8 heteroatoms. The van der Waals surface area contributed by atoms with Crippen molar-refractivity contribution in [2.24, 2.45) is 10.2 Å². The fourth-order valence-electron chi connectivity index (χ4n) is 3.18. The summed E-state index contributed by atoms with van der Waals surface area (Å²) in [5.41, 5.74) is 0.456. The molecule has 2 aliphatic heterocycles. The number of terminal acetylenes is 1. The van der Waals surface area contributed by atoms with Crippen molar-refractivity contribution >= 4 is 17.8 Å². The van der Waals surface area contributed by atoms with Crippen molar-refractivity contribution in [2.75, 3.05) is 0 Å². The normalized spacial score (nSPS) is 18.3. The van der Waals surface area contributed by atoms with E-state index in [1.165, 1.54) is 4.90 Å². The molecule has 2 aliphatic rings. The van der Waals surface area contributed by atoms with Crippen molar-refractivity contribution in [1.82, 2.24) is 15.5 Å². The lowest BCUT2D eigenvalue weighted by Gasteiger charge is -2.16. The van der Waals surface area contributed by atoms with E-state index in [9.17, 15) is 14.4 Å². The average Bonchev–Trinajstić information content (AvgIpc) is 3.43. The molecule has 0 bridgehead atoms. The van der Waals surface area contributed by atoms with Crippen molar-refractivity contribution in [3.63, 3.8) is 0 Å². The second kappa shape index (κ2) is 8.03. The summed E-state index contributed by atoms with van der Waals surface area (Å²) in [5, 5.41) is 13.6. The maximum absolute atomic E-state index is 12.3. The SMILES string of the molecule is C#CCCC1(CCC(=O)NCc2ccc(CN3C(=O)NC(C)(C)C3=O)cc2)N=N1. The predicted molar refractivity (Wildman–Crippen MR) is 106 cm³/mol. The highest BCUT2D eigenvalue weighted by Gasteiger charge is 2.44. The maximum atomic E-state index is 12.3. The Kier molecular flexibility index (Phi) is 5.69. The van der Waals surface area contributed by atoms with Gasteiger partial charge in [-0.3, -0.25) is 14.5 Å². The van der Waals surface area contributed by atoms with Crippen LogP contribution in [0.3, 0.4) is 0 Å². The van der Waals surface area contributed by atoms with E-state index in [2.05, 4.69) is 26.8 Å². The van der Waals surface area contributed by atoms with E-state index in [0.717, 1.165) is 11.1 Å². The van der Waals surface area contributed by atoms with Gasteiger partial charge in [-0.15, -0.1) is 12.3 Å². The molecule has 4 amide bonds. The molecular weight excluding hydrogens is 370 g/mol. The number of benzene rings is 1. The lowest BCUT2D eigenvalue weighted by molar-refractivity contribution is -0.130. The monoisotopic (exact) mass is 395 g/mol. The molecule has 0 radical (unpaired) electrons. The van der Waals surface area contributed by atoms with E-state index in [4.69, 9.17) is 6.42 Å². The molecule has 0 aliphatic carbocycles. The minimum absolute atomic E-state index is 0.0620. The number of hydrogen-bond acceptors (Lipinski definition) is 5. The van der Waals surface area contributed by atoms with E-state index >= 15 is 0 Å². The van der Waals surface area contributed by atoms with E-state index < -0.39 is 11.2 Å². The Morgan fingerprint density at radius 3 is 2.38 bits per heavy atom. The summed E-state index contributed by atoms with van der Waals surface area (Å²) in [4.78, 5) is 37.5. The minimum Gasteiger partial charge on any atom is -0.352 e. The molecule has 1 aromatic carbocycles. The first-order chi connectivity index (χ1) is 13.7. The van der Waals surface area contributed by atoms with Crippen molar-refractivity contribution < 1.29 is 14.4 Å². The lowest BCUT2D eigenvalue weighted by atomic mass is 10.0. The highest BCUT2D eigenvalue weighted by molar-refractivity contribution is 6.06. The maximum Gasteiger partial charge on any atom is 0.325 e. The summed E-state index contributed by atoms with van der Waals surface area (Å²) in [6, 6.07) is 7.07. The van der Waals surface area contributed by atoms with Crippen LogP contribution in [0, 0.1) is 12.3 Å². The van der Waals surface area contributed by atoms with Crippen molar-refractivity contribution in [2.45, 2.75) is 63.8 Å². The molecule has 0 saturated carbocycles. The molecule has 1 fully saturated rings. The van der Waals surface area contributed by atoms with Gasteiger partial charge in [0.25, 0.3) is 5.91 Å². The van der Waals surface area contributed by atoms with Crippen LogP contribution < -0.4 is 10.6 Å². The van der Waals surface area contributed by atoms with E-state index in [1.807, 2.05) is 24.3 Å². The van der Waals surface area contributed by atoms with Crippen LogP contribution in [0.25, 0.3) is 0 Å². The second-order valence-corrected chi connectivity index (χ2v) is 7.93. The summed E-state index contributed by atoms with van der Waals surface area (Å²) in [7, 11) is 0. The van der Waals surface area contributed by atoms with Crippen molar-refractivity contribution in [3.8, 4) is 12.3 Å². The van der Waals surface area contributed by atoms with Gasteiger partial charge in [-0.1, -0.05) is 24.3 Å². The van der Waals surface area contributed by atoms with Crippen LogP contribution in [0.4, 0.5) is 4.79 Å². The Morgan fingerprint density at radius 1 is 1.17 bits per heavy atom. The summed E-state index contributed by atoms with van der Waals surface area (Å²) >= 11 is 0. The number of hydrogen-bond donors (Lipinski definition) is 2. The molecule has 0 spiro atoms. The van der Waals surface area contributed by atoms with Crippen molar-refractivity contribution in [3.05, 3.63) is 35.4 Å². The molecule has 3 rings (SSSR count). The first-order valence-electron chi connectivity index (χ1n) is 9.61. The molecule has 1 saturated heterocycles. The van der Waals surface area contributed by atoms with Gasteiger partial charge in [0, 0.05) is 32.2 Å². The Morgan fingerprint density at radius 2 is 1.83 bits per heavy atom. The van der Waals surface area contributed by atoms with Gasteiger partial charge in [-0.05, 0) is 25.0 Å². The van der Waals surface area contributed by atoms with E-state index in [1.54, 1.807) is 13.8 Å². The number of urea groups is 1. The van der Waals surface area contributed by atoms with E-state index in [0.29, 0.717) is 32.2 Å². The molecule has 29 heavy (non-hydrogen) atoms. The minimum atomic E-state index is -0.873. The Hall–Kier alpha value is -3.21. The Labute approximate surface area is 170 Å². The third-order valence-electron chi connectivity index (χ3n) is 5.10. The largest absolute Gasteiger partial charge is 0.352 e. The number of carbonyl (C=O) groups is 3. The van der Waals surface area contributed by atoms with Gasteiger partial charge < -0.3 is 10.6 Å². The van der Waals surface area contributed by atoms with Gasteiger partial charge in [0.1, 0.15) is 5.54 Å². The lowest BCUT2D eigenvalue weighted by Crippen LogP contribution is -2.40. The molecule has 152 valence electrons. The number of amides is 4. The number of imide groups is 1. The highest BCUT2D eigenvalue weighted by atomic mass is 16.2. The molecule has 0 unspecified atom stereocenters. The fraction of sp³-hybridized carbons (Fsp3) is 0.476. The molecule has 2 heterocycles. The third kappa shape index (κ3) is 4.99. The van der Waals surface area contributed by atoms with Gasteiger partial charge in [0.15, 0.2) is 5.66 Å². The molecular formula is C21H25N5O3. The average molecular weight is 395 g/mol. The topological polar surface area (TPSA) is 103 Å². The fourth-order valence-corrected chi connectivity index (χ4v) is 3.18. The molecule has 1 aromatic rings. The summed E-state index contributed by atoms with van der Waals surface area (Å²) in [6.45, 7) is 3.98. The van der Waals surface area contributed by atoms with E-state index in [-0.39, 0.29) is 24.4 Å².